The number of carbonyl (C=O) groups excluding carboxylic acids is 2. The summed E-state index contributed by atoms with van der Waals surface area (Å²) in [6.07, 6.45) is 1.51. The largest absolute Gasteiger partial charge is 0.355 e. The van der Waals surface area contributed by atoms with Crippen LogP contribution in [0.4, 0.5) is 10.2 Å². The van der Waals surface area contributed by atoms with Crippen LogP contribution in [0.15, 0.2) is 42.6 Å². The Labute approximate surface area is 121 Å². The third kappa shape index (κ3) is 4.10. The lowest BCUT2D eigenvalue weighted by Gasteiger charge is -2.05. The van der Waals surface area contributed by atoms with Crippen LogP contribution in [0.2, 0.25) is 0 Å². The van der Waals surface area contributed by atoms with Gasteiger partial charge < -0.3 is 10.6 Å². The van der Waals surface area contributed by atoms with Crippen molar-refractivity contribution >= 4 is 17.6 Å². The zero-order valence-electron chi connectivity index (χ0n) is 11.4. The highest BCUT2D eigenvalue weighted by Gasteiger charge is 2.07. The molecule has 0 bridgehead atoms. The summed E-state index contributed by atoms with van der Waals surface area (Å²) in [6.45, 7) is 0. The molecule has 2 amide bonds. The van der Waals surface area contributed by atoms with Crippen molar-refractivity contribution in [1.82, 2.24) is 10.3 Å². The van der Waals surface area contributed by atoms with E-state index in [1.165, 1.54) is 25.4 Å². The van der Waals surface area contributed by atoms with Crippen molar-refractivity contribution in [2.75, 3.05) is 12.4 Å². The van der Waals surface area contributed by atoms with E-state index < -0.39 is 0 Å². The fourth-order valence-electron chi connectivity index (χ4n) is 1.72. The van der Waals surface area contributed by atoms with Gasteiger partial charge in [-0.25, -0.2) is 9.37 Å². The van der Waals surface area contributed by atoms with Gasteiger partial charge in [-0.3, -0.25) is 9.59 Å². The van der Waals surface area contributed by atoms with Gasteiger partial charge in [-0.15, -0.1) is 0 Å². The molecule has 0 saturated heterocycles. The number of rotatable bonds is 4. The number of halogens is 1. The number of benzene rings is 1. The van der Waals surface area contributed by atoms with Gasteiger partial charge in [0.2, 0.25) is 5.91 Å². The molecule has 2 N–H and O–H groups in total. The number of nitrogens with zero attached hydrogens (tertiary/aromatic N) is 1. The number of hydrogen-bond donors (Lipinski definition) is 2. The monoisotopic (exact) mass is 287 g/mol. The number of hydrogen-bond acceptors (Lipinski definition) is 3. The molecule has 0 saturated carbocycles. The van der Waals surface area contributed by atoms with Crippen molar-refractivity contribution in [1.29, 1.82) is 0 Å². The maximum absolute atomic E-state index is 12.8. The van der Waals surface area contributed by atoms with Gasteiger partial charge in [-0.1, -0.05) is 12.1 Å². The van der Waals surface area contributed by atoms with Crippen LogP contribution in [0.5, 0.6) is 0 Å². The molecule has 1 heterocycles. The summed E-state index contributed by atoms with van der Waals surface area (Å²) < 4.78 is 12.8. The van der Waals surface area contributed by atoms with Crippen molar-refractivity contribution < 1.29 is 14.0 Å². The first-order valence-electron chi connectivity index (χ1n) is 6.31. The van der Waals surface area contributed by atoms with E-state index in [9.17, 15) is 14.0 Å². The van der Waals surface area contributed by atoms with E-state index in [1.54, 1.807) is 24.3 Å². The number of nitrogens with one attached hydrogen (secondary N) is 2. The summed E-state index contributed by atoms with van der Waals surface area (Å²) >= 11 is 0. The molecule has 0 radical (unpaired) electrons. The van der Waals surface area contributed by atoms with Crippen LogP contribution in [0.3, 0.4) is 0 Å². The number of amides is 2. The van der Waals surface area contributed by atoms with E-state index in [0.717, 1.165) is 0 Å². The lowest BCUT2D eigenvalue weighted by atomic mass is 10.1. The van der Waals surface area contributed by atoms with E-state index in [0.29, 0.717) is 16.9 Å². The highest BCUT2D eigenvalue weighted by atomic mass is 19.1. The Bertz CT molecular complexity index is 639. The first-order valence-corrected chi connectivity index (χ1v) is 6.31. The Morgan fingerprint density at radius 1 is 1.14 bits per heavy atom. The minimum absolute atomic E-state index is 0.124. The molecule has 0 atom stereocenters. The second-order valence-electron chi connectivity index (χ2n) is 4.36. The molecule has 0 aliphatic carbocycles. The minimum atomic E-state index is -0.342. The summed E-state index contributed by atoms with van der Waals surface area (Å²) in [5.41, 5.74) is 1.12. The molecule has 0 fully saturated rings. The average molecular weight is 287 g/mol. The van der Waals surface area contributed by atoms with Gasteiger partial charge in [0.1, 0.15) is 11.6 Å². The molecule has 21 heavy (non-hydrogen) atoms. The third-order valence-electron chi connectivity index (χ3n) is 2.80. The van der Waals surface area contributed by atoms with Gasteiger partial charge >= 0.3 is 0 Å². The van der Waals surface area contributed by atoms with Crippen LogP contribution in [-0.2, 0) is 11.2 Å². The lowest BCUT2D eigenvalue weighted by molar-refractivity contribution is -0.115. The van der Waals surface area contributed by atoms with Crippen LogP contribution in [0.1, 0.15) is 15.9 Å². The Hall–Kier alpha value is -2.76. The van der Waals surface area contributed by atoms with Gasteiger partial charge in [0.25, 0.3) is 5.91 Å². The third-order valence-corrected chi connectivity index (χ3v) is 2.80. The summed E-state index contributed by atoms with van der Waals surface area (Å²) in [6, 6.07) is 8.83. The molecule has 0 aliphatic heterocycles. The highest BCUT2D eigenvalue weighted by molar-refractivity contribution is 5.95. The second-order valence-corrected chi connectivity index (χ2v) is 4.36. The quantitative estimate of drug-likeness (QED) is 0.900. The van der Waals surface area contributed by atoms with Crippen LogP contribution < -0.4 is 10.6 Å². The highest BCUT2D eigenvalue weighted by Crippen LogP contribution is 2.08. The maximum Gasteiger partial charge on any atom is 0.252 e. The standard InChI is InChI=1S/C15H14FN3O2/c1-17-15(21)11-4-7-13(18-9-11)19-14(20)8-10-2-5-12(16)6-3-10/h2-7,9H,8H2,1H3,(H,17,21)(H,18,19,20). The van der Waals surface area contributed by atoms with E-state index in [4.69, 9.17) is 0 Å². The Kier molecular flexibility index (Phi) is 4.61. The topological polar surface area (TPSA) is 71.1 Å². The first kappa shape index (κ1) is 14.6. The Morgan fingerprint density at radius 3 is 2.43 bits per heavy atom. The molecule has 108 valence electrons. The van der Waals surface area contributed by atoms with Crippen molar-refractivity contribution in [2.24, 2.45) is 0 Å². The molecule has 1 aromatic heterocycles. The van der Waals surface area contributed by atoms with Crippen molar-refractivity contribution in [3.63, 3.8) is 0 Å². The van der Waals surface area contributed by atoms with Crippen molar-refractivity contribution in [2.45, 2.75) is 6.42 Å². The molecule has 1 aromatic carbocycles. The van der Waals surface area contributed by atoms with E-state index in [-0.39, 0.29) is 24.1 Å². The smallest absolute Gasteiger partial charge is 0.252 e. The van der Waals surface area contributed by atoms with E-state index in [2.05, 4.69) is 15.6 Å². The molecule has 2 aromatic rings. The van der Waals surface area contributed by atoms with E-state index in [1.807, 2.05) is 0 Å². The fraction of sp³-hybridized carbons (Fsp3) is 0.133. The number of aromatic nitrogens is 1. The molecular weight excluding hydrogens is 273 g/mol. The van der Waals surface area contributed by atoms with Crippen LogP contribution in [0.25, 0.3) is 0 Å². The van der Waals surface area contributed by atoms with E-state index >= 15 is 0 Å². The molecule has 5 nitrogen and oxygen atoms in total. The Morgan fingerprint density at radius 2 is 1.86 bits per heavy atom. The molecule has 6 heteroatoms. The zero-order chi connectivity index (χ0) is 15.2. The minimum Gasteiger partial charge on any atom is -0.355 e. The lowest BCUT2D eigenvalue weighted by Crippen LogP contribution is -2.19. The van der Waals surface area contributed by atoms with Gasteiger partial charge in [0.05, 0.1) is 12.0 Å². The van der Waals surface area contributed by atoms with Crippen molar-refractivity contribution in [3.8, 4) is 0 Å². The van der Waals surface area contributed by atoms with Gasteiger partial charge in [-0.05, 0) is 29.8 Å². The maximum atomic E-state index is 12.8. The predicted molar refractivity (Wildman–Crippen MR) is 76.4 cm³/mol. The molecular formula is C15H14FN3O2. The number of pyridine rings is 1. The SMILES string of the molecule is CNC(=O)c1ccc(NC(=O)Cc2ccc(F)cc2)nc1. The molecule has 2 rings (SSSR count). The van der Waals surface area contributed by atoms with Gasteiger partial charge in [0.15, 0.2) is 0 Å². The predicted octanol–water partition coefficient (Wildman–Crippen LogP) is 1.76. The first-order chi connectivity index (χ1) is 10.1. The van der Waals surface area contributed by atoms with Gasteiger partial charge in [-0.2, -0.15) is 0 Å². The number of anilines is 1. The summed E-state index contributed by atoms with van der Waals surface area (Å²) in [5, 5.41) is 5.10. The van der Waals surface area contributed by atoms with Crippen LogP contribution >= 0.6 is 0 Å². The van der Waals surface area contributed by atoms with Crippen LogP contribution in [0, 0.1) is 5.82 Å². The summed E-state index contributed by atoms with van der Waals surface area (Å²) in [7, 11) is 1.53. The molecule has 0 unspecified atom stereocenters. The fourth-order valence-corrected chi connectivity index (χ4v) is 1.72. The second kappa shape index (κ2) is 6.60. The van der Waals surface area contributed by atoms with Crippen molar-refractivity contribution in [3.05, 3.63) is 59.5 Å². The summed E-state index contributed by atoms with van der Waals surface area (Å²) in [4.78, 5) is 27.2. The average Bonchev–Trinajstić information content (AvgIpc) is 2.49. The zero-order valence-corrected chi connectivity index (χ0v) is 11.4. The number of carbonyl (C=O) groups is 2. The summed E-state index contributed by atoms with van der Waals surface area (Å²) in [5.74, 6) is -0.492. The molecule has 0 aliphatic rings. The Balaban J connectivity index is 1.96. The van der Waals surface area contributed by atoms with Crippen LogP contribution in [-0.4, -0.2) is 23.8 Å². The normalized spacial score (nSPS) is 10.0. The van der Waals surface area contributed by atoms with Gasteiger partial charge in [0, 0.05) is 13.2 Å². The molecule has 0 spiro atoms.